The van der Waals surface area contributed by atoms with E-state index in [2.05, 4.69) is 66.7 Å². The second-order valence-corrected chi connectivity index (χ2v) is 8.51. The Morgan fingerprint density at radius 2 is 1.77 bits per heavy atom. The van der Waals surface area contributed by atoms with Gasteiger partial charge in [-0.3, -0.25) is 4.90 Å². The van der Waals surface area contributed by atoms with Crippen molar-refractivity contribution in [3.05, 3.63) is 83.2 Å². The quantitative estimate of drug-likeness (QED) is 0.603. The van der Waals surface area contributed by atoms with Crippen LogP contribution in [0.3, 0.4) is 0 Å². The Kier molecular flexibility index (Phi) is 6.62. The Balaban J connectivity index is 1.31. The maximum absolute atomic E-state index is 10.6. The van der Waals surface area contributed by atoms with Crippen molar-refractivity contribution in [1.82, 2.24) is 20.0 Å². The topological polar surface area (TPSA) is 53.3 Å². The molecule has 0 saturated heterocycles. The van der Waals surface area contributed by atoms with E-state index in [4.69, 9.17) is 5.10 Å². The number of fused-ring (bicyclic) bond motifs is 1. The van der Waals surface area contributed by atoms with Crippen LogP contribution in [0.1, 0.15) is 42.1 Å². The summed E-state index contributed by atoms with van der Waals surface area (Å²) in [5, 5.41) is 18.8. The average Bonchev–Trinajstić information content (AvgIpc) is 3.19. The fourth-order valence-corrected chi connectivity index (χ4v) is 4.20. The van der Waals surface area contributed by atoms with Crippen molar-refractivity contribution in [3.63, 3.8) is 0 Å². The van der Waals surface area contributed by atoms with Crippen LogP contribution in [0.2, 0.25) is 0 Å². The lowest BCUT2D eigenvalue weighted by Crippen LogP contribution is -2.40. The molecule has 0 radical (unpaired) electrons. The molecule has 1 aliphatic heterocycles. The zero-order chi connectivity index (χ0) is 20.9. The molecule has 0 fully saturated rings. The minimum atomic E-state index is -0.387. The molecule has 0 bridgehead atoms. The number of hydrogen-bond acceptors (Lipinski definition) is 4. The highest BCUT2D eigenvalue weighted by molar-refractivity contribution is 5.33. The molecule has 0 amide bonds. The van der Waals surface area contributed by atoms with Crippen molar-refractivity contribution >= 4 is 0 Å². The standard InChI is InChI=1S/C25H32N4O/c1-19(2)25-22(17-29(27-25)23-10-4-3-5-11-23)14-26-15-24(30)18-28-13-12-20-8-6-7-9-21(20)16-28/h3-11,17,19,24,26,30H,12-16,18H2,1-2H3. The second kappa shape index (κ2) is 9.56. The second-order valence-electron chi connectivity index (χ2n) is 8.51. The number of rotatable bonds is 8. The van der Waals surface area contributed by atoms with Gasteiger partial charge in [-0.25, -0.2) is 4.68 Å². The van der Waals surface area contributed by atoms with Crippen LogP contribution in [0.4, 0.5) is 0 Å². The lowest BCUT2D eigenvalue weighted by Gasteiger charge is -2.30. The van der Waals surface area contributed by atoms with Gasteiger partial charge in [-0.05, 0) is 35.6 Å². The first kappa shape index (κ1) is 20.8. The predicted octanol–water partition coefficient (Wildman–Crippen LogP) is 3.50. The molecule has 2 N–H and O–H groups in total. The lowest BCUT2D eigenvalue weighted by atomic mass is 10.00. The molecule has 158 valence electrons. The van der Waals surface area contributed by atoms with Gasteiger partial charge in [-0.1, -0.05) is 56.3 Å². The molecular formula is C25H32N4O. The number of nitrogens with zero attached hydrogens (tertiary/aromatic N) is 3. The summed E-state index contributed by atoms with van der Waals surface area (Å²) in [6.45, 7) is 8.26. The fourth-order valence-electron chi connectivity index (χ4n) is 4.20. The van der Waals surface area contributed by atoms with Crippen LogP contribution in [0, 0.1) is 0 Å². The summed E-state index contributed by atoms with van der Waals surface area (Å²) in [6, 6.07) is 18.8. The number of β-amino-alcohol motifs (C(OH)–C–C–N with tert-alkyl or cyclic N) is 1. The molecule has 2 aromatic carbocycles. The Morgan fingerprint density at radius 3 is 2.53 bits per heavy atom. The average molecular weight is 405 g/mol. The highest BCUT2D eigenvalue weighted by Crippen LogP contribution is 2.20. The molecule has 1 aliphatic rings. The third-order valence-electron chi connectivity index (χ3n) is 5.76. The van der Waals surface area contributed by atoms with E-state index in [0.29, 0.717) is 25.6 Å². The Bertz CT molecular complexity index is 951. The molecule has 5 nitrogen and oxygen atoms in total. The number of para-hydroxylation sites is 1. The minimum absolute atomic E-state index is 0.352. The van der Waals surface area contributed by atoms with Gasteiger partial charge in [-0.15, -0.1) is 0 Å². The highest BCUT2D eigenvalue weighted by Gasteiger charge is 2.19. The number of aliphatic hydroxyl groups excluding tert-OH is 1. The SMILES string of the molecule is CC(C)c1nn(-c2ccccc2)cc1CNCC(O)CN1CCc2ccccc2C1. The van der Waals surface area contributed by atoms with Gasteiger partial charge in [0.2, 0.25) is 0 Å². The van der Waals surface area contributed by atoms with Gasteiger partial charge in [0.05, 0.1) is 17.5 Å². The van der Waals surface area contributed by atoms with E-state index >= 15 is 0 Å². The van der Waals surface area contributed by atoms with Crippen molar-refractivity contribution < 1.29 is 5.11 Å². The number of benzene rings is 2. The monoisotopic (exact) mass is 404 g/mol. The lowest BCUT2D eigenvalue weighted by molar-refractivity contribution is 0.104. The van der Waals surface area contributed by atoms with Crippen LogP contribution in [0.15, 0.2) is 60.8 Å². The highest BCUT2D eigenvalue weighted by atomic mass is 16.3. The van der Waals surface area contributed by atoms with Gasteiger partial charge in [0, 0.05) is 44.5 Å². The summed E-state index contributed by atoms with van der Waals surface area (Å²) in [7, 11) is 0. The van der Waals surface area contributed by atoms with Crippen molar-refractivity contribution in [2.75, 3.05) is 19.6 Å². The van der Waals surface area contributed by atoms with Crippen molar-refractivity contribution in [2.45, 2.75) is 45.4 Å². The van der Waals surface area contributed by atoms with E-state index in [0.717, 1.165) is 30.9 Å². The molecule has 0 aliphatic carbocycles. The summed E-state index contributed by atoms with van der Waals surface area (Å²) in [5.74, 6) is 0.352. The van der Waals surface area contributed by atoms with Crippen LogP contribution < -0.4 is 5.32 Å². The van der Waals surface area contributed by atoms with Crippen LogP contribution in [-0.4, -0.2) is 45.5 Å². The minimum Gasteiger partial charge on any atom is -0.390 e. The molecule has 1 unspecified atom stereocenters. The van der Waals surface area contributed by atoms with E-state index in [1.807, 2.05) is 22.9 Å². The van der Waals surface area contributed by atoms with Gasteiger partial charge < -0.3 is 10.4 Å². The molecule has 4 rings (SSSR count). The van der Waals surface area contributed by atoms with Gasteiger partial charge in [-0.2, -0.15) is 5.10 Å². The number of hydrogen-bond donors (Lipinski definition) is 2. The van der Waals surface area contributed by atoms with Crippen LogP contribution in [0.25, 0.3) is 5.69 Å². The van der Waals surface area contributed by atoms with Crippen LogP contribution in [0.5, 0.6) is 0 Å². The molecule has 5 heteroatoms. The molecule has 1 aromatic heterocycles. The van der Waals surface area contributed by atoms with E-state index < -0.39 is 0 Å². The number of aromatic nitrogens is 2. The van der Waals surface area contributed by atoms with Gasteiger partial charge >= 0.3 is 0 Å². The van der Waals surface area contributed by atoms with Gasteiger partial charge in [0.15, 0.2) is 0 Å². The van der Waals surface area contributed by atoms with Crippen LogP contribution in [-0.2, 0) is 19.5 Å². The van der Waals surface area contributed by atoms with Gasteiger partial charge in [0.1, 0.15) is 0 Å². The zero-order valence-corrected chi connectivity index (χ0v) is 18.0. The van der Waals surface area contributed by atoms with E-state index in [-0.39, 0.29) is 6.10 Å². The van der Waals surface area contributed by atoms with Crippen molar-refractivity contribution in [2.24, 2.45) is 0 Å². The van der Waals surface area contributed by atoms with E-state index in [1.165, 1.54) is 16.7 Å². The Hall–Kier alpha value is -2.47. The normalized spacial score (nSPS) is 15.3. The summed E-state index contributed by atoms with van der Waals surface area (Å²) in [4.78, 5) is 2.35. The molecule has 1 atom stereocenters. The Labute approximate surface area is 179 Å². The third-order valence-corrected chi connectivity index (χ3v) is 5.76. The molecular weight excluding hydrogens is 372 g/mol. The largest absolute Gasteiger partial charge is 0.390 e. The number of aliphatic hydroxyl groups is 1. The smallest absolute Gasteiger partial charge is 0.0791 e. The first-order valence-corrected chi connectivity index (χ1v) is 10.9. The van der Waals surface area contributed by atoms with Crippen LogP contribution >= 0.6 is 0 Å². The van der Waals surface area contributed by atoms with Crippen molar-refractivity contribution in [3.8, 4) is 5.69 Å². The molecule has 30 heavy (non-hydrogen) atoms. The summed E-state index contributed by atoms with van der Waals surface area (Å²) in [6.07, 6.45) is 2.78. The maximum atomic E-state index is 10.6. The summed E-state index contributed by atoms with van der Waals surface area (Å²) < 4.78 is 1.95. The molecule has 2 heterocycles. The molecule has 3 aromatic rings. The molecule has 0 saturated carbocycles. The van der Waals surface area contributed by atoms with Crippen molar-refractivity contribution in [1.29, 1.82) is 0 Å². The number of nitrogens with one attached hydrogen (secondary N) is 1. The summed E-state index contributed by atoms with van der Waals surface area (Å²) in [5.41, 5.74) is 6.19. The first-order chi connectivity index (χ1) is 14.6. The fraction of sp³-hybridized carbons (Fsp3) is 0.400. The Morgan fingerprint density at radius 1 is 1.03 bits per heavy atom. The summed E-state index contributed by atoms with van der Waals surface area (Å²) >= 11 is 0. The maximum Gasteiger partial charge on any atom is 0.0791 e. The van der Waals surface area contributed by atoms with E-state index in [1.54, 1.807) is 0 Å². The first-order valence-electron chi connectivity index (χ1n) is 10.9. The predicted molar refractivity (Wildman–Crippen MR) is 121 cm³/mol. The third kappa shape index (κ3) is 4.98. The zero-order valence-electron chi connectivity index (χ0n) is 18.0. The van der Waals surface area contributed by atoms with E-state index in [9.17, 15) is 5.11 Å². The molecule has 0 spiro atoms. The van der Waals surface area contributed by atoms with Gasteiger partial charge in [0.25, 0.3) is 0 Å².